The highest BCUT2D eigenvalue weighted by molar-refractivity contribution is 7.92. The van der Waals surface area contributed by atoms with Crippen LogP contribution in [0.3, 0.4) is 0 Å². The molecular weight excluding hydrogens is 454 g/mol. The number of rotatable bonds is 8. The fourth-order valence-corrected chi connectivity index (χ4v) is 3.76. The van der Waals surface area contributed by atoms with Gasteiger partial charge in [0.2, 0.25) is 10.0 Å². The zero-order valence-electron chi connectivity index (χ0n) is 19.1. The summed E-state index contributed by atoms with van der Waals surface area (Å²) in [6.45, 7) is 0.171. The van der Waals surface area contributed by atoms with E-state index in [1.807, 2.05) is 25.1 Å². The van der Waals surface area contributed by atoms with Crippen LogP contribution in [-0.4, -0.2) is 40.6 Å². The Balaban J connectivity index is 1.80. The summed E-state index contributed by atoms with van der Waals surface area (Å²) in [6, 6.07) is 18.4. The van der Waals surface area contributed by atoms with E-state index in [1.165, 1.54) is 6.07 Å². The van der Waals surface area contributed by atoms with E-state index in [1.54, 1.807) is 54.6 Å². The van der Waals surface area contributed by atoms with Crippen molar-refractivity contribution in [1.82, 2.24) is 0 Å². The van der Waals surface area contributed by atoms with Gasteiger partial charge in [0.25, 0.3) is 11.8 Å². The zero-order chi connectivity index (χ0) is 24.9. The van der Waals surface area contributed by atoms with Gasteiger partial charge in [0.1, 0.15) is 0 Å². The van der Waals surface area contributed by atoms with Crippen LogP contribution >= 0.6 is 0 Å². The Morgan fingerprint density at radius 1 is 0.853 bits per heavy atom. The highest BCUT2D eigenvalue weighted by atomic mass is 32.2. The van der Waals surface area contributed by atoms with E-state index in [4.69, 9.17) is 5.73 Å². The summed E-state index contributed by atoms with van der Waals surface area (Å²) in [6.07, 6.45) is 1.03. The van der Waals surface area contributed by atoms with Crippen molar-refractivity contribution in [2.45, 2.75) is 6.54 Å². The third-order valence-corrected chi connectivity index (χ3v) is 5.50. The lowest BCUT2D eigenvalue weighted by Gasteiger charge is -2.15. The molecule has 2 amide bonds. The van der Waals surface area contributed by atoms with Crippen LogP contribution in [-0.2, 0) is 16.6 Å². The molecule has 0 aliphatic heterocycles. The van der Waals surface area contributed by atoms with Gasteiger partial charge in [0, 0.05) is 54.5 Å². The van der Waals surface area contributed by atoms with Gasteiger partial charge < -0.3 is 21.3 Å². The molecule has 3 aromatic carbocycles. The fraction of sp³-hybridized carbons (Fsp3) is 0.167. The lowest BCUT2D eigenvalue weighted by Crippen LogP contribution is -2.17. The summed E-state index contributed by atoms with van der Waals surface area (Å²) in [4.78, 5) is 27.5. The van der Waals surface area contributed by atoms with Crippen LogP contribution in [0.15, 0.2) is 66.7 Å². The summed E-state index contributed by atoms with van der Waals surface area (Å²) < 4.78 is 25.3. The molecule has 3 rings (SSSR count). The molecule has 0 saturated heterocycles. The van der Waals surface area contributed by atoms with Crippen molar-refractivity contribution in [2.75, 3.05) is 40.6 Å². The maximum atomic E-state index is 12.8. The maximum absolute atomic E-state index is 12.8. The molecule has 0 bridgehead atoms. The first-order valence-electron chi connectivity index (χ1n) is 10.4. The molecule has 0 fully saturated rings. The Morgan fingerprint density at radius 3 is 2.15 bits per heavy atom. The van der Waals surface area contributed by atoms with E-state index in [2.05, 4.69) is 15.4 Å². The topological polar surface area (TPSA) is 134 Å². The zero-order valence-corrected chi connectivity index (χ0v) is 19.9. The van der Waals surface area contributed by atoms with E-state index in [9.17, 15) is 18.0 Å². The van der Waals surface area contributed by atoms with Gasteiger partial charge in [0.05, 0.1) is 6.26 Å². The smallest absolute Gasteiger partial charge is 0.255 e. The lowest BCUT2D eigenvalue weighted by atomic mass is 10.1. The first kappa shape index (κ1) is 24.7. The summed E-state index contributed by atoms with van der Waals surface area (Å²) in [5.41, 5.74) is 9.34. The average Bonchev–Trinajstić information content (AvgIpc) is 2.78. The van der Waals surface area contributed by atoms with E-state index in [0.717, 1.165) is 11.9 Å². The molecule has 34 heavy (non-hydrogen) atoms. The van der Waals surface area contributed by atoms with Gasteiger partial charge >= 0.3 is 0 Å². The van der Waals surface area contributed by atoms with Crippen LogP contribution in [0.5, 0.6) is 0 Å². The largest absolute Gasteiger partial charge is 0.378 e. The molecule has 0 unspecified atom stereocenters. The minimum Gasteiger partial charge on any atom is -0.378 e. The van der Waals surface area contributed by atoms with Crippen LogP contribution in [0.2, 0.25) is 0 Å². The molecule has 0 spiro atoms. The molecule has 9 nitrogen and oxygen atoms in total. The van der Waals surface area contributed by atoms with Crippen LogP contribution in [0.1, 0.15) is 26.3 Å². The number of anilines is 4. The molecule has 0 saturated carbocycles. The second-order valence-corrected chi connectivity index (χ2v) is 9.63. The Kier molecular flexibility index (Phi) is 7.54. The predicted octanol–water partition coefficient (Wildman–Crippen LogP) is 3.09. The van der Waals surface area contributed by atoms with Gasteiger partial charge in [0.15, 0.2) is 0 Å². The number of sulfonamides is 1. The molecule has 178 valence electrons. The number of nitrogens with two attached hydrogens (primary N) is 1. The van der Waals surface area contributed by atoms with E-state index in [-0.39, 0.29) is 23.7 Å². The minimum atomic E-state index is -3.48. The van der Waals surface area contributed by atoms with E-state index >= 15 is 0 Å². The summed E-state index contributed by atoms with van der Waals surface area (Å²) in [7, 11) is 0.309. The fourth-order valence-electron chi connectivity index (χ4n) is 3.21. The molecule has 0 heterocycles. The molecule has 0 radical (unpaired) electrons. The monoisotopic (exact) mass is 481 g/mol. The molecular formula is C24H27N5O4S. The second-order valence-electron chi connectivity index (χ2n) is 7.88. The quantitative estimate of drug-likeness (QED) is 0.391. The van der Waals surface area contributed by atoms with E-state index in [0.29, 0.717) is 22.5 Å². The molecule has 10 heteroatoms. The van der Waals surface area contributed by atoms with Crippen LogP contribution in [0, 0.1) is 0 Å². The summed E-state index contributed by atoms with van der Waals surface area (Å²) >= 11 is 0. The molecule has 0 aliphatic rings. The van der Waals surface area contributed by atoms with Gasteiger partial charge in [-0.2, -0.15) is 0 Å². The predicted molar refractivity (Wildman–Crippen MR) is 136 cm³/mol. The number of nitrogens with one attached hydrogen (secondary N) is 3. The molecule has 5 N–H and O–H groups in total. The van der Waals surface area contributed by atoms with Gasteiger partial charge in [-0.25, -0.2) is 8.42 Å². The average molecular weight is 482 g/mol. The first-order valence-corrected chi connectivity index (χ1v) is 12.3. The second kappa shape index (κ2) is 10.4. The highest BCUT2D eigenvalue weighted by Crippen LogP contribution is 2.23. The third-order valence-electron chi connectivity index (χ3n) is 4.89. The molecule has 0 atom stereocenters. The van der Waals surface area contributed by atoms with Gasteiger partial charge in [-0.3, -0.25) is 14.3 Å². The molecule has 3 aromatic rings. The Hall–Kier alpha value is -3.89. The van der Waals surface area contributed by atoms with Crippen molar-refractivity contribution >= 4 is 44.6 Å². The number of carbonyl (C=O) groups excluding carboxylic acids is 2. The minimum absolute atomic E-state index is 0.171. The Bertz CT molecular complexity index is 1320. The highest BCUT2D eigenvalue weighted by Gasteiger charge is 2.13. The van der Waals surface area contributed by atoms with Crippen molar-refractivity contribution in [2.24, 2.45) is 5.73 Å². The van der Waals surface area contributed by atoms with Crippen LogP contribution in [0.25, 0.3) is 0 Å². The molecule has 0 aliphatic carbocycles. The van der Waals surface area contributed by atoms with Crippen molar-refractivity contribution in [3.05, 3.63) is 83.4 Å². The summed E-state index contributed by atoms with van der Waals surface area (Å²) in [5, 5.41) is 5.63. The van der Waals surface area contributed by atoms with Gasteiger partial charge in [-0.15, -0.1) is 0 Å². The molecule has 0 aromatic heterocycles. The van der Waals surface area contributed by atoms with Crippen molar-refractivity contribution in [1.29, 1.82) is 0 Å². The van der Waals surface area contributed by atoms with Gasteiger partial charge in [-0.05, 0) is 54.1 Å². The number of benzene rings is 3. The standard InChI is InChI=1S/C24H27N5O4S/c1-29(2)21-9-5-7-17(13-21)23(30)26-19-11-10-18(15-25)22(14-19)27-24(31)16-6-4-8-20(12-16)28-34(3,32)33/h4-14,28H,15,25H2,1-3H3,(H,26,30)(H,27,31). The Labute approximate surface area is 199 Å². The SMILES string of the molecule is CN(C)c1cccc(C(=O)Nc2ccc(CN)c(NC(=O)c3cccc(NS(C)(=O)=O)c3)c2)c1. The van der Waals surface area contributed by atoms with E-state index < -0.39 is 15.9 Å². The maximum Gasteiger partial charge on any atom is 0.255 e. The van der Waals surface area contributed by atoms with Crippen molar-refractivity contribution in [3.8, 4) is 0 Å². The normalized spacial score (nSPS) is 10.9. The first-order chi connectivity index (χ1) is 16.1. The Morgan fingerprint density at radius 2 is 1.50 bits per heavy atom. The van der Waals surface area contributed by atoms with Gasteiger partial charge in [-0.1, -0.05) is 18.2 Å². The number of carbonyl (C=O) groups is 2. The van der Waals surface area contributed by atoms with Crippen molar-refractivity contribution < 1.29 is 18.0 Å². The van der Waals surface area contributed by atoms with Crippen LogP contribution in [0.4, 0.5) is 22.7 Å². The third kappa shape index (κ3) is 6.56. The summed E-state index contributed by atoms with van der Waals surface area (Å²) in [5.74, 6) is -0.741. The van der Waals surface area contributed by atoms with Crippen molar-refractivity contribution in [3.63, 3.8) is 0 Å². The lowest BCUT2D eigenvalue weighted by molar-refractivity contribution is 0.101. The number of hydrogen-bond donors (Lipinski definition) is 4. The van der Waals surface area contributed by atoms with Crippen LogP contribution < -0.4 is 26.0 Å². The number of amides is 2. The number of nitrogens with zero attached hydrogens (tertiary/aromatic N) is 1. The number of hydrogen-bond acceptors (Lipinski definition) is 6.